The van der Waals surface area contributed by atoms with Gasteiger partial charge in [0, 0.05) is 29.3 Å². The Morgan fingerprint density at radius 1 is 1.08 bits per heavy atom. The largest absolute Gasteiger partial charge is 0.391 e. The summed E-state index contributed by atoms with van der Waals surface area (Å²) >= 11 is 0. The first-order valence-corrected chi connectivity index (χ1v) is 6.80. The molecule has 0 aliphatic rings. The van der Waals surface area contributed by atoms with Crippen molar-refractivity contribution in [2.75, 3.05) is 0 Å². The van der Waals surface area contributed by atoms with Gasteiger partial charge in [0.2, 0.25) is 0 Å². The van der Waals surface area contributed by atoms with Gasteiger partial charge in [-0.3, -0.25) is 10.1 Å². The molecule has 0 aliphatic carbocycles. The fourth-order valence-corrected chi connectivity index (χ4v) is 2.34. The highest BCUT2D eigenvalue weighted by molar-refractivity contribution is 5.73. The molecule has 0 atom stereocenters. The molecule has 0 unspecified atom stereocenters. The Hall–Kier alpha value is -3.13. The van der Waals surface area contributed by atoms with E-state index in [2.05, 4.69) is 5.16 Å². The van der Waals surface area contributed by atoms with Crippen LogP contribution in [0.2, 0.25) is 0 Å². The highest BCUT2D eigenvalue weighted by atomic mass is 19.1. The van der Waals surface area contributed by atoms with E-state index in [1.807, 2.05) is 0 Å². The molecule has 0 amide bonds. The van der Waals surface area contributed by atoms with Gasteiger partial charge in [0.05, 0.1) is 17.1 Å². The second-order valence-electron chi connectivity index (χ2n) is 4.96. The summed E-state index contributed by atoms with van der Waals surface area (Å²) in [5, 5.41) is 24.1. The molecule has 2 aromatic carbocycles. The summed E-state index contributed by atoms with van der Waals surface area (Å²) in [6, 6.07) is 8.30. The minimum Gasteiger partial charge on any atom is -0.391 e. The van der Waals surface area contributed by atoms with Gasteiger partial charge in [-0.25, -0.2) is 8.78 Å². The molecule has 0 fully saturated rings. The normalized spacial score (nSPS) is 10.8. The minimum absolute atomic E-state index is 0.0317. The predicted octanol–water partition coefficient (Wildman–Crippen LogP) is 3.69. The zero-order chi connectivity index (χ0) is 17.3. The van der Waals surface area contributed by atoms with Crippen LogP contribution in [0.4, 0.5) is 14.5 Å². The Kier molecular flexibility index (Phi) is 4.05. The third-order valence-electron chi connectivity index (χ3n) is 3.42. The number of aromatic nitrogens is 1. The number of aliphatic hydroxyl groups excluding tert-OH is 1. The number of halogens is 2. The van der Waals surface area contributed by atoms with E-state index in [9.17, 15) is 24.0 Å². The second kappa shape index (κ2) is 6.17. The van der Waals surface area contributed by atoms with E-state index in [4.69, 9.17) is 4.52 Å². The number of hydrogen-bond acceptors (Lipinski definition) is 5. The Bertz CT molecular complexity index is 887. The first kappa shape index (κ1) is 15.8. The molecular formula is C16H10F2N2O4. The van der Waals surface area contributed by atoms with E-state index in [0.717, 1.165) is 18.2 Å². The van der Waals surface area contributed by atoms with Crippen molar-refractivity contribution in [2.45, 2.75) is 6.61 Å². The number of rotatable bonds is 4. The molecule has 0 saturated heterocycles. The molecule has 1 heterocycles. The van der Waals surface area contributed by atoms with Crippen LogP contribution in [0, 0.1) is 21.7 Å². The number of nitro groups is 1. The molecule has 1 aromatic heterocycles. The molecule has 0 bridgehead atoms. The van der Waals surface area contributed by atoms with Crippen molar-refractivity contribution in [1.29, 1.82) is 0 Å². The molecule has 6 nitrogen and oxygen atoms in total. The molecule has 0 radical (unpaired) electrons. The van der Waals surface area contributed by atoms with E-state index in [1.54, 1.807) is 0 Å². The van der Waals surface area contributed by atoms with Gasteiger partial charge in [-0.1, -0.05) is 5.16 Å². The highest BCUT2D eigenvalue weighted by Gasteiger charge is 2.20. The summed E-state index contributed by atoms with van der Waals surface area (Å²) in [5.41, 5.74) is 0.940. The van der Waals surface area contributed by atoms with Crippen LogP contribution in [0.25, 0.3) is 22.6 Å². The lowest BCUT2D eigenvalue weighted by atomic mass is 10.0. The number of benzene rings is 2. The maximum atomic E-state index is 13.4. The minimum atomic E-state index is -0.790. The Morgan fingerprint density at radius 2 is 1.71 bits per heavy atom. The summed E-state index contributed by atoms with van der Waals surface area (Å²) in [4.78, 5) is 10.1. The van der Waals surface area contributed by atoms with Crippen LogP contribution in [0.15, 0.2) is 47.0 Å². The van der Waals surface area contributed by atoms with Gasteiger partial charge in [-0.05, 0) is 24.3 Å². The highest BCUT2D eigenvalue weighted by Crippen LogP contribution is 2.33. The average Bonchev–Trinajstić information content (AvgIpc) is 2.98. The Morgan fingerprint density at radius 3 is 2.25 bits per heavy atom. The molecule has 8 heteroatoms. The molecule has 3 aromatic rings. The lowest BCUT2D eigenvalue weighted by Gasteiger charge is -2.02. The van der Waals surface area contributed by atoms with Gasteiger partial charge in [-0.2, -0.15) is 0 Å². The first-order valence-electron chi connectivity index (χ1n) is 6.80. The van der Waals surface area contributed by atoms with Crippen LogP contribution in [-0.2, 0) is 6.61 Å². The quantitative estimate of drug-likeness (QED) is 0.581. The summed E-state index contributed by atoms with van der Waals surface area (Å²) < 4.78 is 31.9. The SMILES string of the molecule is O=[N+]([O-])c1ccc(-c2noc(-c3cc(F)cc(F)c3)c2CO)cc1. The van der Waals surface area contributed by atoms with E-state index in [-0.39, 0.29) is 28.3 Å². The summed E-state index contributed by atoms with van der Waals surface area (Å²) in [7, 11) is 0. The molecule has 0 spiro atoms. The fourth-order valence-electron chi connectivity index (χ4n) is 2.34. The second-order valence-corrected chi connectivity index (χ2v) is 4.96. The molecule has 122 valence electrons. The standard InChI is InChI=1S/C16H10F2N2O4/c17-11-5-10(6-12(18)7-11)16-14(8-21)15(19-24-16)9-1-3-13(4-2-9)20(22)23/h1-7,21H,8H2. The molecule has 0 saturated carbocycles. The Balaban J connectivity index is 2.08. The third-order valence-corrected chi connectivity index (χ3v) is 3.42. The number of hydrogen-bond donors (Lipinski definition) is 1. The van der Waals surface area contributed by atoms with Crippen LogP contribution >= 0.6 is 0 Å². The zero-order valence-corrected chi connectivity index (χ0v) is 12.1. The van der Waals surface area contributed by atoms with Crippen molar-refractivity contribution in [2.24, 2.45) is 0 Å². The van der Waals surface area contributed by atoms with Gasteiger partial charge in [-0.15, -0.1) is 0 Å². The predicted molar refractivity (Wildman–Crippen MR) is 79.9 cm³/mol. The van der Waals surface area contributed by atoms with Gasteiger partial charge < -0.3 is 9.63 Å². The summed E-state index contributed by atoms with van der Waals surface area (Å²) in [5.74, 6) is -1.55. The average molecular weight is 332 g/mol. The molecule has 1 N–H and O–H groups in total. The summed E-state index contributed by atoms with van der Waals surface area (Å²) in [6.45, 7) is -0.483. The topological polar surface area (TPSA) is 89.4 Å². The van der Waals surface area contributed by atoms with Crippen molar-refractivity contribution in [3.63, 3.8) is 0 Å². The molecule has 0 aliphatic heterocycles. The number of nitrogens with zero attached hydrogens (tertiary/aromatic N) is 2. The van der Waals surface area contributed by atoms with E-state index < -0.39 is 23.2 Å². The van der Waals surface area contributed by atoms with Crippen LogP contribution in [0.3, 0.4) is 0 Å². The van der Waals surface area contributed by atoms with Gasteiger partial charge in [0.15, 0.2) is 5.76 Å². The van der Waals surface area contributed by atoms with Crippen LogP contribution in [0.5, 0.6) is 0 Å². The smallest absolute Gasteiger partial charge is 0.269 e. The zero-order valence-electron chi connectivity index (χ0n) is 12.1. The van der Waals surface area contributed by atoms with E-state index in [1.165, 1.54) is 24.3 Å². The number of nitro benzene ring substituents is 1. The van der Waals surface area contributed by atoms with Crippen molar-refractivity contribution in [1.82, 2.24) is 5.16 Å². The maximum absolute atomic E-state index is 13.4. The van der Waals surface area contributed by atoms with Crippen molar-refractivity contribution < 1.29 is 23.3 Å². The third kappa shape index (κ3) is 2.86. The van der Waals surface area contributed by atoms with E-state index >= 15 is 0 Å². The molecule has 24 heavy (non-hydrogen) atoms. The van der Waals surface area contributed by atoms with Gasteiger partial charge in [0.25, 0.3) is 5.69 Å². The van der Waals surface area contributed by atoms with Crippen LogP contribution < -0.4 is 0 Å². The lowest BCUT2D eigenvalue weighted by molar-refractivity contribution is -0.384. The van der Waals surface area contributed by atoms with Gasteiger partial charge >= 0.3 is 0 Å². The number of aliphatic hydroxyl groups is 1. The molecular weight excluding hydrogens is 322 g/mol. The van der Waals surface area contributed by atoms with Crippen LogP contribution in [-0.4, -0.2) is 15.2 Å². The lowest BCUT2D eigenvalue weighted by Crippen LogP contribution is -1.91. The Labute approximate surface area is 134 Å². The monoisotopic (exact) mass is 332 g/mol. The first-order chi connectivity index (χ1) is 11.5. The molecule has 3 rings (SSSR count). The fraction of sp³-hybridized carbons (Fsp3) is 0.0625. The maximum Gasteiger partial charge on any atom is 0.269 e. The van der Waals surface area contributed by atoms with Crippen molar-refractivity contribution >= 4 is 5.69 Å². The van der Waals surface area contributed by atoms with E-state index in [0.29, 0.717) is 5.56 Å². The summed E-state index contributed by atoms with van der Waals surface area (Å²) in [6.07, 6.45) is 0. The van der Waals surface area contributed by atoms with Gasteiger partial charge in [0.1, 0.15) is 17.3 Å². The van der Waals surface area contributed by atoms with Crippen molar-refractivity contribution in [3.05, 3.63) is 69.8 Å². The number of non-ortho nitro benzene ring substituents is 1. The van der Waals surface area contributed by atoms with Crippen LogP contribution in [0.1, 0.15) is 5.56 Å². The van der Waals surface area contributed by atoms with Crippen molar-refractivity contribution in [3.8, 4) is 22.6 Å².